The van der Waals surface area contributed by atoms with Crippen molar-refractivity contribution >= 4 is 21.7 Å². The maximum Gasteiger partial charge on any atom is 0.243 e. The number of rotatable bonds is 4. The van der Waals surface area contributed by atoms with Gasteiger partial charge in [0.15, 0.2) is 5.78 Å². The third kappa shape index (κ3) is 2.98. The van der Waals surface area contributed by atoms with E-state index >= 15 is 0 Å². The average Bonchev–Trinajstić information content (AvgIpc) is 2.96. The normalized spacial score (nSPS) is 19.4. The Morgan fingerprint density at radius 1 is 1.24 bits per heavy atom. The fourth-order valence-electron chi connectivity index (χ4n) is 2.45. The van der Waals surface area contributed by atoms with E-state index in [0.29, 0.717) is 24.9 Å². The lowest BCUT2D eigenvalue weighted by atomic mass is 10.2. The lowest BCUT2D eigenvalue weighted by molar-refractivity contribution is -0.123. The van der Waals surface area contributed by atoms with Crippen molar-refractivity contribution in [3.05, 3.63) is 29.8 Å². The van der Waals surface area contributed by atoms with E-state index in [-0.39, 0.29) is 16.6 Å². The van der Waals surface area contributed by atoms with Gasteiger partial charge in [0.2, 0.25) is 15.9 Å². The Hall–Kier alpha value is -1.73. The highest BCUT2D eigenvalue weighted by Gasteiger charge is 2.38. The van der Waals surface area contributed by atoms with Crippen LogP contribution in [0.3, 0.4) is 0 Å². The number of sulfonamides is 1. The molecule has 1 amide bonds. The summed E-state index contributed by atoms with van der Waals surface area (Å²) in [5, 5.41) is 2.49. The number of benzene rings is 1. The van der Waals surface area contributed by atoms with Crippen LogP contribution >= 0.6 is 0 Å². The fraction of sp³-hybridized carbons (Fsp3) is 0.429. The molecule has 1 aliphatic heterocycles. The molecule has 1 aromatic rings. The van der Waals surface area contributed by atoms with Crippen LogP contribution in [0, 0.1) is 0 Å². The van der Waals surface area contributed by atoms with E-state index in [1.165, 1.54) is 42.5 Å². The predicted molar refractivity (Wildman–Crippen MR) is 77.4 cm³/mol. The summed E-state index contributed by atoms with van der Waals surface area (Å²) in [5.41, 5.74) is 0.457. The molecule has 1 N–H and O–H groups in total. The first-order valence-corrected chi connectivity index (χ1v) is 8.16. The van der Waals surface area contributed by atoms with Crippen LogP contribution in [0.2, 0.25) is 0 Å². The van der Waals surface area contributed by atoms with Crippen LogP contribution in [0.25, 0.3) is 0 Å². The van der Waals surface area contributed by atoms with Gasteiger partial charge in [-0.2, -0.15) is 4.31 Å². The summed E-state index contributed by atoms with van der Waals surface area (Å²) in [6, 6.07) is 5.13. The van der Waals surface area contributed by atoms with E-state index in [9.17, 15) is 18.0 Å². The Labute approximate surface area is 124 Å². The minimum Gasteiger partial charge on any atom is -0.358 e. The van der Waals surface area contributed by atoms with Crippen molar-refractivity contribution in [2.24, 2.45) is 0 Å². The Balaban J connectivity index is 2.32. The highest BCUT2D eigenvalue weighted by Crippen LogP contribution is 2.26. The van der Waals surface area contributed by atoms with Crippen LogP contribution in [-0.2, 0) is 14.8 Å². The van der Waals surface area contributed by atoms with Crippen LogP contribution in [0.4, 0.5) is 0 Å². The maximum absolute atomic E-state index is 12.6. The molecule has 0 aromatic heterocycles. The van der Waals surface area contributed by atoms with Crippen molar-refractivity contribution in [2.45, 2.75) is 30.7 Å². The van der Waals surface area contributed by atoms with Crippen molar-refractivity contribution in [1.82, 2.24) is 9.62 Å². The summed E-state index contributed by atoms with van der Waals surface area (Å²) in [6.45, 7) is 1.75. The number of likely N-dealkylation sites (N-methyl/N-ethyl adjacent to an activating group) is 1. The van der Waals surface area contributed by atoms with Gasteiger partial charge in [0, 0.05) is 19.2 Å². The first-order chi connectivity index (χ1) is 9.87. The van der Waals surface area contributed by atoms with Gasteiger partial charge in [0.05, 0.1) is 4.90 Å². The highest BCUT2D eigenvalue weighted by atomic mass is 32.2. The van der Waals surface area contributed by atoms with E-state index < -0.39 is 16.1 Å². The second-order valence-corrected chi connectivity index (χ2v) is 6.86. The maximum atomic E-state index is 12.6. The molecule has 1 fully saturated rings. The largest absolute Gasteiger partial charge is 0.358 e. The summed E-state index contributed by atoms with van der Waals surface area (Å²) in [4.78, 5) is 23.1. The molecule has 1 aromatic carbocycles. The number of hydrogen-bond acceptors (Lipinski definition) is 4. The number of carbonyl (C=O) groups is 2. The monoisotopic (exact) mass is 310 g/mol. The van der Waals surface area contributed by atoms with Crippen molar-refractivity contribution in [2.75, 3.05) is 13.6 Å². The zero-order valence-corrected chi connectivity index (χ0v) is 12.8. The molecule has 1 heterocycles. The topological polar surface area (TPSA) is 83.6 Å². The van der Waals surface area contributed by atoms with E-state index in [1.54, 1.807) is 0 Å². The quantitative estimate of drug-likeness (QED) is 0.833. The van der Waals surface area contributed by atoms with Crippen LogP contribution in [0.15, 0.2) is 29.2 Å². The lowest BCUT2D eigenvalue weighted by Crippen LogP contribution is -2.44. The molecule has 0 radical (unpaired) electrons. The van der Waals surface area contributed by atoms with Crippen LogP contribution < -0.4 is 5.32 Å². The molecule has 0 saturated carbocycles. The van der Waals surface area contributed by atoms with Gasteiger partial charge in [-0.3, -0.25) is 9.59 Å². The summed E-state index contributed by atoms with van der Waals surface area (Å²) in [5.74, 6) is -0.417. The van der Waals surface area contributed by atoms with Crippen molar-refractivity contribution in [1.29, 1.82) is 0 Å². The fourth-order valence-corrected chi connectivity index (χ4v) is 4.11. The van der Waals surface area contributed by atoms with Gasteiger partial charge in [-0.25, -0.2) is 8.42 Å². The van der Waals surface area contributed by atoms with E-state index in [2.05, 4.69) is 5.32 Å². The van der Waals surface area contributed by atoms with Gasteiger partial charge in [-0.1, -0.05) is 12.1 Å². The van der Waals surface area contributed by atoms with Gasteiger partial charge < -0.3 is 5.32 Å². The minimum atomic E-state index is -3.72. The number of ketones is 1. The van der Waals surface area contributed by atoms with E-state index in [4.69, 9.17) is 0 Å². The Morgan fingerprint density at radius 2 is 1.86 bits per heavy atom. The first-order valence-electron chi connectivity index (χ1n) is 6.72. The minimum absolute atomic E-state index is 0.100. The van der Waals surface area contributed by atoms with Crippen LogP contribution in [-0.4, -0.2) is 44.0 Å². The third-order valence-electron chi connectivity index (χ3n) is 3.62. The number of carbonyl (C=O) groups excluding carboxylic acids is 2. The molecule has 7 heteroatoms. The standard InChI is InChI=1S/C14H18N2O4S/c1-10(17)11-5-7-12(8-6-11)21(19,20)16-9-3-4-13(16)14(18)15-2/h5-8,13H,3-4,9H2,1-2H3,(H,15,18). The molecule has 1 unspecified atom stereocenters. The molecular formula is C14H18N2O4S. The molecule has 1 saturated heterocycles. The van der Waals surface area contributed by atoms with Crippen molar-refractivity contribution in [3.8, 4) is 0 Å². The zero-order chi connectivity index (χ0) is 15.6. The van der Waals surface area contributed by atoms with Gasteiger partial charge in [0.25, 0.3) is 0 Å². The molecule has 0 aliphatic carbocycles. The van der Waals surface area contributed by atoms with E-state index in [0.717, 1.165) is 0 Å². The number of nitrogens with one attached hydrogen (secondary N) is 1. The SMILES string of the molecule is CNC(=O)C1CCCN1S(=O)(=O)c1ccc(C(C)=O)cc1. The number of hydrogen-bond donors (Lipinski definition) is 1. The second kappa shape index (κ2) is 5.95. The molecule has 1 aliphatic rings. The molecule has 21 heavy (non-hydrogen) atoms. The molecule has 6 nitrogen and oxygen atoms in total. The highest BCUT2D eigenvalue weighted by molar-refractivity contribution is 7.89. The molecule has 114 valence electrons. The van der Waals surface area contributed by atoms with Crippen LogP contribution in [0.5, 0.6) is 0 Å². The van der Waals surface area contributed by atoms with Gasteiger partial charge in [0.1, 0.15) is 6.04 Å². The van der Waals surface area contributed by atoms with Crippen molar-refractivity contribution in [3.63, 3.8) is 0 Å². The molecular weight excluding hydrogens is 292 g/mol. The van der Waals surface area contributed by atoms with Gasteiger partial charge in [-0.15, -0.1) is 0 Å². The molecule has 0 spiro atoms. The van der Waals surface area contributed by atoms with Gasteiger partial charge >= 0.3 is 0 Å². The predicted octanol–water partition coefficient (Wildman–Crippen LogP) is 0.788. The Kier molecular flexibility index (Phi) is 4.43. The average molecular weight is 310 g/mol. The smallest absolute Gasteiger partial charge is 0.243 e. The summed E-state index contributed by atoms with van der Waals surface area (Å²) < 4.78 is 26.4. The summed E-state index contributed by atoms with van der Waals surface area (Å²) >= 11 is 0. The summed E-state index contributed by atoms with van der Waals surface area (Å²) in [7, 11) is -2.23. The Morgan fingerprint density at radius 3 is 2.38 bits per heavy atom. The zero-order valence-electron chi connectivity index (χ0n) is 12.0. The molecule has 0 bridgehead atoms. The summed E-state index contributed by atoms with van der Waals surface area (Å²) in [6.07, 6.45) is 1.17. The number of amides is 1. The molecule has 1 atom stereocenters. The van der Waals surface area contributed by atoms with E-state index in [1.807, 2.05) is 0 Å². The van der Waals surface area contributed by atoms with Crippen molar-refractivity contribution < 1.29 is 18.0 Å². The second-order valence-electron chi connectivity index (χ2n) is 4.97. The molecule has 2 rings (SSSR count). The van der Waals surface area contributed by atoms with Crippen LogP contribution in [0.1, 0.15) is 30.1 Å². The number of nitrogens with zero attached hydrogens (tertiary/aromatic N) is 1. The lowest BCUT2D eigenvalue weighted by Gasteiger charge is -2.22. The van der Waals surface area contributed by atoms with Gasteiger partial charge in [-0.05, 0) is 31.9 Å². The number of Topliss-reactive ketones (excluding diaryl/α,β-unsaturated/α-hetero) is 1. The first kappa shape index (κ1) is 15.7. The Bertz CT molecular complexity index is 652. The third-order valence-corrected chi connectivity index (χ3v) is 5.54.